The maximum absolute atomic E-state index is 13.8. The number of ether oxygens (including phenoxy) is 1. The Labute approximate surface area is 240 Å². The average molecular weight is 716 g/mol. The lowest BCUT2D eigenvalue weighted by atomic mass is 9.98. The summed E-state index contributed by atoms with van der Waals surface area (Å²) in [6.45, 7) is 11.6. The summed E-state index contributed by atoms with van der Waals surface area (Å²) < 4.78 is 14.0. The predicted molar refractivity (Wildman–Crippen MR) is 161 cm³/mol. The molecular formula is C28H34I2N2O4. The van der Waals surface area contributed by atoms with Gasteiger partial charge in [-0.3, -0.25) is 9.59 Å². The second-order valence-corrected chi connectivity index (χ2v) is 11.3. The molecule has 2 aromatic carbocycles. The standard InChI is InChI=1S/C28H34I2N2O4/c1-5-32(6-2)14-15-35-28-21(29)16-19(17-22(28)30)27(34)26-20-10-7-8-11-23(20)36-24(26)12-9-13-25(33)31-18(3)4/h7-8,10-11,16-18H,5-6,9,12-15H2,1-4H3,(H,31,33). The number of hydrogen-bond donors (Lipinski definition) is 1. The van der Waals surface area contributed by atoms with Crippen LogP contribution in [-0.4, -0.2) is 48.9 Å². The Balaban J connectivity index is 1.83. The maximum atomic E-state index is 13.8. The van der Waals surface area contributed by atoms with Crippen LogP contribution < -0.4 is 10.1 Å². The van der Waals surface area contributed by atoms with E-state index in [2.05, 4.69) is 69.2 Å². The van der Waals surface area contributed by atoms with Crippen molar-refractivity contribution in [2.75, 3.05) is 26.2 Å². The number of para-hydroxylation sites is 1. The average Bonchev–Trinajstić information content (AvgIpc) is 3.20. The third-order valence-corrected chi connectivity index (χ3v) is 7.56. The van der Waals surface area contributed by atoms with Gasteiger partial charge in [-0.15, -0.1) is 0 Å². The number of amides is 1. The highest BCUT2D eigenvalue weighted by molar-refractivity contribution is 14.1. The lowest BCUT2D eigenvalue weighted by Gasteiger charge is -2.19. The topological polar surface area (TPSA) is 71.8 Å². The van der Waals surface area contributed by atoms with Crippen LogP contribution in [0.4, 0.5) is 0 Å². The first-order valence-corrected chi connectivity index (χ1v) is 14.6. The van der Waals surface area contributed by atoms with Gasteiger partial charge in [0, 0.05) is 36.4 Å². The molecule has 1 aromatic heterocycles. The molecule has 0 aliphatic carbocycles. The number of benzene rings is 2. The van der Waals surface area contributed by atoms with E-state index in [1.165, 1.54) is 0 Å². The van der Waals surface area contributed by atoms with E-state index in [4.69, 9.17) is 9.15 Å². The summed E-state index contributed by atoms with van der Waals surface area (Å²) in [6, 6.07) is 11.5. The van der Waals surface area contributed by atoms with Crippen molar-refractivity contribution in [2.45, 2.75) is 53.0 Å². The predicted octanol–water partition coefficient (Wildman–Crippen LogP) is 6.44. The molecule has 0 bridgehead atoms. The van der Waals surface area contributed by atoms with Crippen LogP contribution in [0.3, 0.4) is 0 Å². The molecule has 6 nitrogen and oxygen atoms in total. The van der Waals surface area contributed by atoms with Crippen LogP contribution in [0.5, 0.6) is 5.75 Å². The van der Waals surface area contributed by atoms with Crippen LogP contribution in [0.1, 0.15) is 62.2 Å². The molecular weight excluding hydrogens is 682 g/mol. The molecule has 0 saturated carbocycles. The molecule has 0 unspecified atom stereocenters. The van der Waals surface area contributed by atoms with Crippen molar-refractivity contribution in [1.29, 1.82) is 0 Å². The molecule has 1 N–H and O–H groups in total. The van der Waals surface area contributed by atoms with Gasteiger partial charge in [-0.05, 0) is 96.7 Å². The summed E-state index contributed by atoms with van der Waals surface area (Å²) in [6.07, 6.45) is 1.51. The van der Waals surface area contributed by atoms with Crippen LogP contribution in [0.2, 0.25) is 0 Å². The highest BCUT2D eigenvalue weighted by Gasteiger charge is 2.23. The number of hydrogen-bond acceptors (Lipinski definition) is 5. The van der Waals surface area contributed by atoms with Crippen LogP contribution in [0.15, 0.2) is 40.8 Å². The van der Waals surface area contributed by atoms with Gasteiger partial charge in [-0.2, -0.15) is 0 Å². The molecule has 0 saturated heterocycles. The minimum absolute atomic E-state index is 0.00896. The summed E-state index contributed by atoms with van der Waals surface area (Å²) in [5.41, 5.74) is 1.87. The molecule has 3 aromatic rings. The summed E-state index contributed by atoms with van der Waals surface area (Å²) in [5.74, 6) is 1.37. The zero-order chi connectivity index (χ0) is 26.2. The maximum Gasteiger partial charge on any atom is 0.220 e. The van der Waals surface area contributed by atoms with Crippen LogP contribution in [0.25, 0.3) is 11.0 Å². The zero-order valence-corrected chi connectivity index (χ0v) is 25.6. The Bertz CT molecular complexity index is 1180. The number of fused-ring (bicyclic) bond motifs is 1. The molecule has 194 valence electrons. The molecule has 1 amide bonds. The first-order chi connectivity index (χ1) is 17.2. The van der Waals surface area contributed by atoms with Crippen molar-refractivity contribution >= 4 is 67.8 Å². The van der Waals surface area contributed by atoms with Crippen molar-refractivity contribution < 1.29 is 18.7 Å². The molecule has 0 aliphatic heterocycles. The Morgan fingerprint density at radius 3 is 2.39 bits per heavy atom. The Morgan fingerprint density at radius 1 is 1.08 bits per heavy atom. The number of likely N-dealkylation sites (N-methyl/N-ethyl adjacent to an activating group) is 1. The fraction of sp³-hybridized carbons (Fsp3) is 0.429. The number of aryl methyl sites for hydroxylation is 1. The Hall–Kier alpha value is -1.66. The van der Waals surface area contributed by atoms with Crippen LogP contribution >= 0.6 is 45.2 Å². The third kappa shape index (κ3) is 7.44. The van der Waals surface area contributed by atoms with Gasteiger partial charge in [0.05, 0.1) is 12.7 Å². The largest absolute Gasteiger partial charge is 0.490 e. The lowest BCUT2D eigenvalue weighted by molar-refractivity contribution is -0.121. The fourth-order valence-electron chi connectivity index (χ4n) is 4.11. The molecule has 0 aliphatic rings. The molecule has 0 atom stereocenters. The summed E-state index contributed by atoms with van der Waals surface area (Å²) in [4.78, 5) is 28.2. The van der Waals surface area contributed by atoms with Crippen molar-refractivity contribution in [3.63, 3.8) is 0 Å². The van der Waals surface area contributed by atoms with Gasteiger partial charge >= 0.3 is 0 Å². The van der Waals surface area contributed by atoms with Crippen molar-refractivity contribution in [1.82, 2.24) is 10.2 Å². The van der Waals surface area contributed by atoms with E-state index >= 15 is 0 Å². The van der Waals surface area contributed by atoms with Gasteiger partial charge in [0.2, 0.25) is 5.91 Å². The van der Waals surface area contributed by atoms with Gasteiger partial charge in [0.25, 0.3) is 0 Å². The van der Waals surface area contributed by atoms with Gasteiger partial charge in [-0.25, -0.2) is 0 Å². The summed E-state index contributed by atoms with van der Waals surface area (Å²) >= 11 is 4.48. The molecule has 1 heterocycles. The number of furan rings is 1. The quantitative estimate of drug-likeness (QED) is 0.163. The van der Waals surface area contributed by atoms with E-state index in [1.807, 2.05) is 50.2 Å². The van der Waals surface area contributed by atoms with Crippen molar-refractivity contribution in [2.24, 2.45) is 0 Å². The summed E-state index contributed by atoms with van der Waals surface area (Å²) in [7, 11) is 0. The number of nitrogens with zero attached hydrogens (tertiary/aromatic N) is 1. The first kappa shape index (κ1) is 28.9. The molecule has 3 rings (SSSR count). The first-order valence-electron chi connectivity index (χ1n) is 12.4. The number of ketones is 1. The highest BCUT2D eigenvalue weighted by atomic mass is 127. The van der Waals surface area contributed by atoms with E-state index in [-0.39, 0.29) is 17.7 Å². The molecule has 8 heteroatoms. The number of rotatable bonds is 13. The minimum atomic E-state index is -0.0768. The summed E-state index contributed by atoms with van der Waals surface area (Å²) in [5, 5.41) is 3.71. The monoisotopic (exact) mass is 716 g/mol. The van der Waals surface area contributed by atoms with Crippen LogP contribution in [0, 0.1) is 7.14 Å². The molecule has 0 fully saturated rings. The van der Waals surface area contributed by atoms with E-state index in [1.54, 1.807) is 0 Å². The number of carbonyl (C=O) groups excluding carboxylic acids is 2. The van der Waals surface area contributed by atoms with Gasteiger partial charge in [0.1, 0.15) is 23.7 Å². The van der Waals surface area contributed by atoms with Gasteiger partial charge in [-0.1, -0.05) is 32.0 Å². The molecule has 0 spiro atoms. The molecule has 36 heavy (non-hydrogen) atoms. The third-order valence-electron chi connectivity index (χ3n) is 5.96. The van der Waals surface area contributed by atoms with Gasteiger partial charge < -0.3 is 19.4 Å². The Kier molecular flexibility index (Phi) is 11.0. The number of nitrogens with one attached hydrogen (secondary N) is 1. The van der Waals surface area contributed by atoms with Crippen molar-refractivity contribution in [3.05, 3.63) is 60.4 Å². The van der Waals surface area contributed by atoms with E-state index in [9.17, 15) is 9.59 Å². The number of carbonyl (C=O) groups is 2. The highest BCUT2D eigenvalue weighted by Crippen LogP contribution is 2.33. The minimum Gasteiger partial charge on any atom is -0.490 e. The zero-order valence-electron chi connectivity index (χ0n) is 21.3. The fourth-order valence-corrected chi connectivity index (χ4v) is 6.19. The Morgan fingerprint density at radius 2 is 1.75 bits per heavy atom. The SMILES string of the molecule is CCN(CC)CCOc1c(I)cc(C(=O)c2c(CCCC(=O)NC(C)C)oc3ccccc23)cc1I. The lowest BCUT2D eigenvalue weighted by Crippen LogP contribution is -2.29. The second-order valence-electron chi connectivity index (χ2n) is 8.95. The molecule has 0 radical (unpaired) electrons. The van der Waals surface area contributed by atoms with Crippen LogP contribution in [-0.2, 0) is 11.2 Å². The second kappa shape index (κ2) is 13.8. The van der Waals surface area contributed by atoms with E-state index in [0.717, 1.165) is 37.9 Å². The van der Waals surface area contributed by atoms with Gasteiger partial charge in [0.15, 0.2) is 5.78 Å². The smallest absolute Gasteiger partial charge is 0.220 e. The number of halogens is 2. The van der Waals surface area contributed by atoms with E-state index in [0.29, 0.717) is 48.3 Å². The normalized spacial score (nSPS) is 11.4. The van der Waals surface area contributed by atoms with E-state index < -0.39 is 0 Å². The van der Waals surface area contributed by atoms with Crippen molar-refractivity contribution in [3.8, 4) is 5.75 Å².